The molecule has 2 heterocycles. The first kappa shape index (κ1) is 11.7. The van der Waals surface area contributed by atoms with Crippen LogP contribution in [0.1, 0.15) is 31.3 Å². The smallest absolute Gasteiger partial charge is 0.140 e. The van der Waals surface area contributed by atoms with E-state index in [2.05, 4.69) is 40.3 Å². The minimum Gasteiger partial charge on any atom is -0.303 e. The predicted octanol–water partition coefficient (Wildman–Crippen LogP) is 1.54. The van der Waals surface area contributed by atoms with Crippen LogP contribution in [0.25, 0.3) is 0 Å². The number of nitrogens with one attached hydrogen (secondary N) is 1. The van der Waals surface area contributed by atoms with Gasteiger partial charge in [0.2, 0.25) is 0 Å². The van der Waals surface area contributed by atoms with Crippen LogP contribution >= 0.6 is 0 Å². The van der Waals surface area contributed by atoms with E-state index in [4.69, 9.17) is 0 Å². The van der Waals surface area contributed by atoms with Gasteiger partial charge in [-0.15, -0.1) is 0 Å². The van der Waals surface area contributed by atoms with Crippen LogP contribution in [0, 0.1) is 0 Å². The average Bonchev–Trinajstić information content (AvgIpc) is 2.84. The molecule has 0 aromatic carbocycles. The van der Waals surface area contributed by atoms with Crippen LogP contribution in [0.3, 0.4) is 0 Å². The summed E-state index contributed by atoms with van der Waals surface area (Å²) in [6.45, 7) is 5.73. The van der Waals surface area contributed by atoms with Gasteiger partial charge in [-0.25, -0.2) is 9.67 Å². The molecule has 90 valence electrons. The van der Waals surface area contributed by atoms with Crippen LogP contribution in [0.5, 0.6) is 0 Å². The van der Waals surface area contributed by atoms with Crippen molar-refractivity contribution >= 4 is 0 Å². The molecule has 5 nitrogen and oxygen atoms in total. The molecule has 0 saturated carbocycles. The average molecular weight is 231 g/mol. The van der Waals surface area contributed by atoms with E-state index >= 15 is 0 Å². The largest absolute Gasteiger partial charge is 0.303 e. The Morgan fingerprint density at radius 1 is 1.47 bits per heavy atom. The van der Waals surface area contributed by atoms with Crippen molar-refractivity contribution < 1.29 is 0 Å². The first-order valence-electron chi connectivity index (χ1n) is 5.81. The van der Waals surface area contributed by atoms with Gasteiger partial charge in [-0.3, -0.25) is 4.98 Å². The number of rotatable bonds is 5. The highest BCUT2D eigenvalue weighted by Crippen LogP contribution is 2.10. The predicted molar refractivity (Wildman–Crippen MR) is 65.2 cm³/mol. The second-order valence-corrected chi connectivity index (χ2v) is 3.88. The SMILES string of the molecule is CCn1ncnc1CN[C@@H](C)c1cccnc1. The Labute approximate surface area is 101 Å². The highest BCUT2D eigenvalue weighted by molar-refractivity contribution is 5.12. The van der Waals surface area contributed by atoms with Gasteiger partial charge < -0.3 is 5.32 Å². The molecule has 0 amide bonds. The van der Waals surface area contributed by atoms with Gasteiger partial charge in [0, 0.05) is 25.0 Å². The topological polar surface area (TPSA) is 55.6 Å². The molecular formula is C12H17N5. The van der Waals surface area contributed by atoms with Crippen LogP contribution in [-0.2, 0) is 13.1 Å². The maximum atomic E-state index is 4.23. The highest BCUT2D eigenvalue weighted by atomic mass is 15.3. The molecule has 0 aliphatic heterocycles. The van der Waals surface area contributed by atoms with Crippen LogP contribution in [0.15, 0.2) is 30.9 Å². The zero-order chi connectivity index (χ0) is 12.1. The van der Waals surface area contributed by atoms with Gasteiger partial charge in [0.05, 0.1) is 6.54 Å². The Bertz CT molecular complexity index is 451. The second-order valence-electron chi connectivity index (χ2n) is 3.88. The molecule has 2 aromatic heterocycles. The molecule has 0 spiro atoms. The summed E-state index contributed by atoms with van der Waals surface area (Å²) < 4.78 is 1.89. The highest BCUT2D eigenvalue weighted by Gasteiger charge is 2.07. The van der Waals surface area contributed by atoms with E-state index in [9.17, 15) is 0 Å². The third-order valence-electron chi connectivity index (χ3n) is 2.75. The van der Waals surface area contributed by atoms with E-state index in [-0.39, 0.29) is 6.04 Å². The quantitative estimate of drug-likeness (QED) is 0.848. The molecule has 1 N–H and O–H groups in total. The van der Waals surface area contributed by atoms with Gasteiger partial charge in [0.15, 0.2) is 0 Å². The number of aryl methyl sites for hydroxylation is 1. The summed E-state index contributed by atoms with van der Waals surface area (Å²) in [4.78, 5) is 8.34. The van der Waals surface area contributed by atoms with Crippen LogP contribution in [-0.4, -0.2) is 19.7 Å². The van der Waals surface area contributed by atoms with E-state index < -0.39 is 0 Å². The Hall–Kier alpha value is -1.75. The lowest BCUT2D eigenvalue weighted by Crippen LogP contribution is -2.21. The zero-order valence-electron chi connectivity index (χ0n) is 10.2. The van der Waals surface area contributed by atoms with E-state index in [0.29, 0.717) is 6.54 Å². The fraction of sp³-hybridized carbons (Fsp3) is 0.417. The lowest BCUT2D eigenvalue weighted by Gasteiger charge is -2.13. The molecule has 0 aliphatic rings. The first-order valence-corrected chi connectivity index (χ1v) is 5.81. The molecule has 2 aromatic rings. The Kier molecular flexibility index (Phi) is 3.82. The lowest BCUT2D eigenvalue weighted by molar-refractivity contribution is 0.523. The molecule has 2 rings (SSSR count). The molecular weight excluding hydrogens is 214 g/mol. The van der Waals surface area contributed by atoms with Crippen molar-refractivity contribution in [3.05, 3.63) is 42.2 Å². The van der Waals surface area contributed by atoms with Crippen molar-refractivity contribution in [3.63, 3.8) is 0 Å². The molecule has 0 saturated heterocycles. The van der Waals surface area contributed by atoms with E-state index in [0.717, 1.165) is 12.4 Å². The Balaban J connectivity index is 1.95. The van der Waals surface area contributed by atoms with Crippen LogP contribution < -0.4 is 5.32 Å². The standard InChI is InChI=1S/C12H17N5/c1-3-17-12(15-9-16-17)8-14-10(2)11-5-4-6-13-7-11/h4-7,9-10,14H,3,8H2,1-2H3/t10-/m0/s1. The van der Waals surface area contributed by atoms with E-state index in [1.807, 2.05) is 16.9 Å². The van der Waals surface area contributed by atoms with Crippen LogP contribution in [0.2, 0.25) is 0 Å². The van der Waals surface area contributed by atoms with Gasteiger partial charge in [0.1, 0.15) is 12.2 Å². The molecule has 0 radical (unpaired) electrons. The Morgan fingerprint density at radius 2 is 2.35 bits per heavy atom. The third kappa shape index (κ3) is 2.88. The molecule has 0 bridgehead atoms. The third-order valence-corrected chi connectivity index (χ3v) is 2.75. The number of pyridine rings is 1. The van der Waals surface area contributed by atoms with Crippen molar-refractivity contribution in [2.24, 2.45) is 0 Å². The molecule has 17 heavy (non-hydrogen) atoms. The van der Waals surface area contributed by atoms with Gasteiger partial charge in [-0.2, -0.15) is 5.10 Å². The molecule has 5 heteroatoms. The summed E-state index contributed by atoms with van der Waals surface area (Å²) in [5.74, 6) is 0.961. The van der Waals surface area contributed by atoms with Crippen molar-refractivity contribution in [2.75, 3.05) is 0 Å². The second kappa shape index (κ2) is 5.54. The maximum absolute atomic E-state index is 4.23. The zero-order valence-corrected chi connectivity index (χ0v) is 10.2. The number of nitrogens with zero attached hydrogens (tertiary/aromatic N) is 4. The van der Waals surface area contributed by atoms with Gasteiger partial charge in [-0.05, 0) is 25.5 Å². The van der Waals surface area contributed by atoms with Crippen molar-refractivity contribution in [1.29, 1.82) is 0 Å². The monoisotopic (exact) mass is 231 g/mol. The molecule has 1 atom stereocenters. The summed E-state index contributed by atoms with van der Waals surface area (Å²) in [7, 11) is 0. The summed E-state index contributed by atoms with van der Waals surface area (Å²) in [5.41, 5.74) is 1.18. The molecule has 0 unspecified atom stereocenters. The normalized spacial score (nSPS) is 12.6. The van der Waals surface area contributed by atoms with E-state index in [1.165, 1.54) is 5.56 Å². The van der Waals surface area contributed by atoms with Crippen molar-refractivity contribution in [2.45, 2.75) is 33.0 Å². The minimum absolute atomic E-state index is 0.255. The number of aromatic nitrogens is 4. The van der Waals surface area contributed by atoms with Crippen molar-refractivity contribution in [3.8, 4) is 0 Å². The number of hydrogen-bond donors (Lipinski definition) is 1. The summed E-state index contributed by atoms with van der Waals surface area (Å²) >= 11 is 0. The summed E-state index contributed by atoms with van der Waals surface area (Å²) in [5, 5.41) is 7.55. The van der Waals surface area contributed by atoms with Gasteiger partial charge in [-0.1, -0.05) is 6.07 Å². The fourth-order valence-electron chi connectivity index (χ4n) is 1.68. The van der Waals surface area contributed by atoms with Gasteiger partial charge in [0.25, 0.3) is 0 Å². The first-order chi connectivity index (χ1) is 8.31. The summed E-state index contributed by atoms with van der Waals surface area (Å²) in [6.07, 6.45) is 5.25. The number of hydrogen-bond acceptors (Lipinski definition) is 4. The molecule has 0 aliphatic carbocycles. The molecule has 0 fully saturated rings. The minimum atomic E-state index is 0.255. The maximum Gasteiger partial charge on any atom is 0.140 e. The Morgan fingerprint density at radius 3 is 3.06 bits per heavy atom. The van der Waals surface area contributed by atoms with Crippen LogP contribution in [0.4, 0.5) is 0 Å². The fourth-order valence-corrected chi connectivity index (χ4v) is 1.68. The van der Waals surface area contributed by atoms with E-state index in [1.54, 1.807) is 12.5 Å². The lowest BCUT2D eigenvalue weighted by atomic mass is 10.1. The summed E-state index contributed by atoms with van der Waals surface area (Å²) in [6, 6.07) is 4.27. The van der Waals surface area contributed by atoms with Crippen molar-refractivity contribution in [1.82, 2.24) is 25.1 Å². The van der Waals surface area contributed by atoms with Gasteiger partial charge >= 0.3 is 0 Å².